The highest BCUT2D eigenvalue weighted by molar-refractivity contribution is 7.99. The summed E-state index contributed by atoms with van der Waals surface area (Å²) in [6.45, 7) is 0. The van der Waals surface area contributed by atoms with Gasteiger partial charge in [0.25, 0.3) is 0 Å². The maximum atomic E-state index is 13.1. The van der Waals surface area contributed by atoms with E-state index in [4.69, 9.17) is 28.9 Å². The van der Waals surface area contributed by atoms with E-state index in [0.29, 0.717) is 20.6 Å². The van der Waals surface area contributed by atoms with E-state index in [1.165, 1.54) is 30.1 Å². The summed E-state index contributed by atoms with van der Waals surface area (Å²) in [4.78, 5) is 4.76. The van der Waals surface area contributed by atoms with Crippen molar-refractivity contribution in [2.75, 3.05) is 5.73 Å². The van der Waals surface area contributed by atoms with Crippen molar-refractivity contribution in [1.82, 2.24) is 4.98 Å². The lowest BCUT2D eigenvalue weighted by Crippen LogP contribution is -1.91. The molecule has 6 heteroatoms. The van der Waals surface area contributed by atoms with Crippen LogP contribution in [0.5, 0.6) is 0 Å². The first-order valence-electron chi connectivity index (χ1n) is 4.60. The molecule has 0 spiro atoms. The number of pyridine rings is 1. The Morgan fingerprint density at radius 2 is 2.00 bits per heavy atom. The van der Waals surface area contributed by atoms with E-state index < -0.39 is 5.82 Å². The lowest BCUT2D eigenvalue weighted by molar-refractivity contribution is 0.628. The number of hydrogen-bond acceptors (Lipinski definition) is 3. The summed E-state index contributed by atoms with van der Waals surface area (Å²) in [5.41, 5.74) is 6.02. The van der Waals surface area contributed by atoms with Crippen LogP contribution in [0.25, 0.3) is 0 Å². The van der Waals surface area contributed by atoms with Crippen molar-refractivity contribution in [3.05, 3.63) is 46.3 Å². The molecule has 0 saturated carbocycles. The van der Waals surface area contributed by atoms with Crippen molar-refractivity contribution >= 4 is 40.7 Å². The molecular formula is C11H7Cl2FN2S. The lowest BCUT2D eigenvalue weighted by Gasteiger charge is -2.06. The summed E-state index contributed by atoms with van der Waals surface area (Å²) in [5, 5.41) is 1.30. The van der Waals surface area contributed by atoms with Gasteiger partial charge in [0.15, 0.2) is 0 Å². The second-order valence-corrected chi connectivity index (χ2v) is 5.13. The Morgan fingerprint density at radius 1 is 1.24 bits per heavy atom. The van der Waals surface area contributed by atoms with Crippen LogP contribution in [0.15, 0.2) is 40.4 Å². The number of rotatable bonds is 2. The van der Waals surface area contributed by atoms with Gasteiger partial charge in [-0.05, 0) is 24.3 Å². The predicted octanol–water partition coefficient (Wildman–Crippen LogP) is 4.26. The van der Waals surface area contributed by atoms with Gasteiger partial charge in [0, 0.05) is 16.8 Å². The number of anilines is 1. The van der Waals surface area contributed by atoms with E-state index in [0.717, 1.165) is 0 Å². The van der Waals surface area contributed by atoms with Crippen molar-refractivity contribution in [3.63, 3.8) is 0 Å². The first-order valence-corrected chi connectivity index (χ1v) is 6.17. The monoisotopic (exact) mass is 288 g/mol. The first-order chi connectivity index (χ1) is 8.06. The third-order valence-corrected chi connectivity index (χ3v) is 3.50. The van der Waals surface area contributed by atoms with E-state index in [2.05, 4.69) is 4.98 Å². The average Bonchev–Trinajstić information content (AvgIpc) is 2.29. The minimum atomic E-state index is -0.530. The lowest BCUT2D eigenvalue weighted by atomic mass is 10.3. The SMILES string of the molecule is Nc1cc(F)c(Cl)cc1Sc1ccc(Cl)cn1. The molecule has 0 atom stereocenters. The van der Waals surface area contributed by atoms with E-state index in [1.54, 1.807) is 12.1 Å². The van der Waals surface area contributed by atoms with Gasteiger partial charge in [-0.2, -0.15) is 0 Å². The number of nitrogens with zero attached hydrogens (tertiary/aromatic N) is 1. The normalized spacial score (nSPS) is 10.5. The van der Waals surface area contributed by atoms with Crippen LogP contribution in [0.4, 0.5) is 10.1 Å². The maximum Gasteiger partial charge on any atom is 0.143 e. The molecule has 0 fully saturated rings. The number of halogens is 3. The molecule has 1 aromatic carbocycles. The highest BCUT2D eigenvalue weighted by Crippen LogP contribution is 2.34. The molecule has 0 radical (unpaired) electrons. The van der Waals surface area contributed by atoms with Crippen LogP contribution in [-0.4, -0.2) is 4.98 Å². The van der Waals surface area contributed by atoms with Crippen LogP contribution in [0.1, 0.15) is 0 Å². The number of benzene rings is 1. The fourth-order valence-corrected chi connectivity index (χ4v) is 2.33. The van der Waals surface area contributed by atoms with Crippen LogP contribution in [0, 0.1) is 5.82 Å². The van der Waals surface area contributed by atoms with Crippen molar-refractivity contribution in [2.24, 2.45) is 0 Å². The highest BCUT2D eigenvalue weighted by atomic mass is 35.5. The van der Waals surface area contributed by atoms with Gasteiger partial charge in [-0.25, -0.2) is 9.37 Å². The predicted molar refractivity (Wildman–Crippen MR) is 69.2 cm³/mol. The first kappa shape index (κ1) is 12.5. The van der Waals surface area contributed by atoms with Crippen molar-refractivity contribution < 1.29 is 4.39 Å². The molecule has 88 valence electrons. The molecule has 0 bridgehead atoms. The summed E-state index contributed by atoms with van der Waals surface area (Å²) in [6.07, 6.45) is 1.53. The van der Waals surface area contributed by atoms with Crippen LogP contribution in [0.2, 0.25) is 10.0 Å². The highest BCUT2D eigenvalue weighted by Gasteiger charge is 2.08. The molecule has 2 aromatic rings. The molecule has 0 unspecified atom stereocenters. The van der Waals surface area contributed by atoms with Crippen LogP contribution >= 0.6 is 35.0 Å². The molecule has 1 heterocycles. The Labute approximate surface area is 112 Å². The minimum absolute atomic E-state index is 0.0377. The minimum Gasteiger partial charge on any atom is -0.398 e. The zero-order valence-corrected chi connectivity index (χ0v) is 10.8. The van der Waals surface area contributed by atoms with E-state index in [-0.39, 0.29) is 5.02 Å². The Balaban J connectivity index is 2.30. The molecule has 2 nitrogen and oxygen atoms in total. The van der Waals surface area contributed by atoms with Gasteiger partial charge in [0.05, 0.1) is 10.0 Å². The Hall–Kier alpha value is -0.970. The number of nitrogen functional groups attached to an aromatic ring is 1. The van der Waals surface area contributed by atoms with Gasteiger partial charge in [0.1, 0.15) is 10.8 Å². The third-order valence-electron chi connectivity index (χ3n) is 1.97. The fourth-order valence-electron chi connectivity index (χ4n) is 1.17. The fraction of sp³-hybridized carbons (Fsp3) is 0. The molecule has 2 rings (SSSR count). The van der Waals surface area contributed by atoms with E-state index >= 15 is 0 Å². The Morgan fingerprint density at radius 3 is 2.65 bits per heavy atom. The van der Waals surface area contributed by atoms with Crippen molar-refractivity contribution in [2.45, 2.75) is 9.92 Å². The van der Waals surface area contributed by atoms with E-state index in [1.807, 2.05) is 0 Å². The second kappa shape index (κ2) is 5.12. The summed E-state index contributed by atoms with van der Waals surface area (Å²) in [7, 11) is 0. The largest absolute Gasteiger partial charge is 0.398 e. The van der Waals surface area contributed by atoms with Gasteiger partial charge < -0.3 is 5.73 Å². The smallest absolute Gasteiger partial charge is 0.143 e. The molecule has 2 N–H and O–H groups in total. The van der Waals surface area contributed by atoms with Crippen LogP contribution in [0.3, 0.4) is 0 Å². The topological polar surface area (TPSA) is 38.9 Å². The molecule has 0 saturated heterocycles. The van der Waals surface area contributed by atoms with Crippen molar-refractivity contribution in [3.8, 4) is 0 Å². The number of hydrogen-bond donors (Lipinski definition) is 1. The molecule has 0 aliphatic carbocycles. The summed E-state index contributed by atoms with van der Waals surface area (Å²) < 4.78 is 13.1. The van der Waals surface area contributed by atoms with E-state index in [9.17, 15) is 4.39 Å². The third kappa shape index (κ3) is 3.03. The molecule has 0 aliphatic heterocycles. The average molecular weight is 289 g/mol. The second-order valence-electron chi connectivity index (χ2n) is 3.22. The molecule has 17 heavy (non-hydrogen) atoms. The number of aromatic nitrogens is 1. The maximum absolute atomic E-state index is 13.1. The van der Waals surface area contributed by atoms with Crippen LogP contribution in [-0.2, 0) is 0 Å². The number of nitrogens with two attached hydrogens (primary N) is 1. The van der Waals surface area contributed by atoms with Crippen molar-refractivity contribution in [1.29, 1.82) is 0 Å². The van der Waals surface area contributed by atoms with Gasteiger partial charge in [0.2, 0.25) is 0 Å². The van der Waals surface area contributed by atoms with Gasteiger partial charge in [-0.1, -0.05) is 35.0 Å². The summed E-state index contributed by atoms with van der Waals surface area (Å²) >= 11 is 12.7. The molecule has 0 aliphatic rings. The molecular weight excluding hydrogens is 282 g/mol. The molecule has 0 amide bonds. The molecule has 1 aromatic heterocycles. The zero-order valence-electron chi connectivity index (χ0n) is 8.45. The summed E-state index contributed by atoms with van der Waals surface area (Å²) in [6, 6.07) is 6.15. The standard InChI is InChI=1S/C11H7Cl2FN2S/c12-6-1-2-11(16-5-6)17-10-3-7(13)8(14)4-9(10)15/h1-5H,15H2. The summed E-state index contributed by atoms with van der Waals surface area (Å²) in [5.74, 6) is -0.530. The Kier molecular flexibility index (Phi) is 3.76. The quantitative estimate of drug-likeness (QED) is 0.839. The van der Waals surface area contributed by atoms with Crippen LogP contribution < -0.4 is 5.73 Å². The Bertz CT molecular complexity index is 546. The van der Waals surface area contributed by atoms with Gasteiger partial charge >= 0.3 is 0 Å². The van der Waals surface area contributed by atoms with Gasteiger partial charge in [-0.3, -0.25) is 0 Å². The van der Waals surface area contributed by atoms with Gasteiger partial charge in [-0.15, -0.1) is 0 Å². The zero-order chi connectivity index (χ0) is 12.4.